The number of hydrogen-bond acceptors (Lipinski definition) is 3. The van der Waals surface area contributed by atoms with Gasteiger partial charge in [0.05, 0.1) is 13.2 Å². The predicted molar refractivity (Wildman–Crippen MR) is 89.0 cm³/mol. The number of nitrogens with zero attached hydrogens (tertiary/aromatic N) is 1. The number of carbonyl (C=O) groups excluding carboxylic acids is 1. The van der Waals surface area contributed by atoms with E-state index >= 15 is 0 Å². The molecular weight excluding hydrogens is 347 g/mol. The van der Waals surface area contributed by atoms with Gasteiger partial charge in [0.15, 0.2) is 11.5 Å². The van der Waals surface area contributed by atoms with Gasteiger partial charge < -0.3 is 14.4 Å². The van der Waals surface area contributed by atoms with Crippen molar-refractivity contribution in [2.75, 3.05) is 13.7 Å². The summed E-state index contributed by atoms with van der Waals surface area (Å²) in [6.45, 7) is -2.48. The van der Waals surface area contributed by atoms with Gasteiger partial charge in [0, 0.05) is 12.1 Å². The van der Waals surface area contributed by atoms with E-state index in [0.29, 0.717) is 6.54 Å². The van der Waals surface area contributed by atoms with Crippen molar-refractivity contribution in [2.45, 2.75) is 25.5 Å². The summed E-state index contributed by atoms with van der Waals surface area (Å²) in [6, 6.07) is 10.1. The zero-order chi connectivity index (χ0) is 18.7. The first-order valence-electron chi connectivity index (χ1n) is 8.19. The molecular formula is C19H18F3NO3. The number of halogens is 3. The first-order valence-corrected chi connectivity index (χ1v) is 8.19. The minimum Gasteiger partial charge on any atom is -0.493 e. The molecule has 0 bridgehead atoms. The molecule has 0 N–H and O–H groups in total. The molecule has 0 radical (unpaired) electrons. The molecule has 2 aromatic rings. The van der Waals surface area contributed by atoms with Crippen LogP contribution >= 0.6 is 0 Å². The van der Waals surface area contributed by atoms with Crippen molar-refractivity contribution in [3.63, 3.8) is 0 Å². The summed E-state index contributed by atoms with van der Waals surface area (Å²) < 4.78 is 47.7. The highest BCUT2D eigenvalue weighted by Gasteiger charge is 2.31. The van der Waals surface area contributed by atoms with Crippen molar-refractivity contribution in [2.24, 2.45) is 0 Å². The molecule has 0 spiro atoms. The predicted octanol–water partition coefficient (Wildman–Crippen LogP) is 4.41. The summed E-state index contributed by atoms with van der Waals surface area (Å²) in [5.74, 6) is -0.698. The maximum atomic E-state index is 13.1. The van der Waals surface area contributed by atoms with E-state index in [-0.39, 0.29) is 34.8 Å². The van der Waals surface area contributed by atoms with Gasteiger partial charge in [0.25, 0.3) is 5.91 Å². The molecule has 1 aliphatic rings. The number of carbonyl (C=O) groups is 1. The fraction of sp³-hybridized carbons (Fsp3) is 0.316. The Bertz CT molecular complexity index is 780. The summed E-state index contributed by atoms with van der Waals surface area (Å²) in [4.78, 5) is 14.6. The Morgan fingerprint density at radius 1 is 1.15 bits per heavy atom. The molecule has 1 aliphatic heterocycles. The van der Waals surface area contributed by atoms with Crippen LogP contribution in [0.25, 0.3) is 0 Å². The van der Waals surface area contributed by atoms with Crippen LogP contribution in [0.5, 0.6) is 11.5 Å². The standard InChI is InChI=1S/C19H18F3NO3/c1-25-16-9-6-13(11-17(16)26-19(21)22)18(24)23-10-2-3-15(23)12-4-7-14(20)8-5-12/h4-9,11,15,19H,2-3,10H2,1H3/t15-/m1/s1. The van der Waals surface area contributed by atoms with Crippen molar-refractivity contribution in [1.29, 1.82) is 0 Å². The Labute approximate surface area is 149 Å². The highest BCUT2D eigenvalue weighted by molar-refractivity contribution is 5.95. The van der Waals surface area contributed by atoms with Crippen LogP contribution in [-0.4, -0.2) is 31.1 Å². The van der Waals surface area contributed by atoms with Crippen LogP contribution in [0.1, 0.15) is 34.8 Å². The van der Waals surface area contributed by atoms with Crippen LogP contribution in [0.2, 0.25) is 0 Å². The third-order valence-corrected chi connectivity index (χ3v) is 4.40. The van der Waals surface area contributed by atoms with Gasteiger partial charge in [-0.05, 0) is 48.7 Å². The number of ether oxygens (including phenoxy) is 2. The number of hydrogen-bond donors (Lipinski definition) is 0. The lowest BCUT2D eigenvalue weighted by Crippen LogP contribution is -2.30. The van der Waals surface area contributed by atoms with Crippen LogP contribution in [0.15, 0.2) is 42.5 Å². The van der Waals surface area contributed by atoms with E-state index in [2.05, 4.69) is 4.74 Å². The lowest BCUT2D eigenvalue weighted by Gasteiger charge is -2.25. The van der Waals surface area contributed by atoms with Gasteiger partial charge in [-0.1, -0.05) is 12.1 Å². The lowest BCUT2D eigenvalue weighted by molar-refractivity contribution is -0.0512. The molecule has 7 heteroatoms. The number of benzene rings is 2. The van der Waals surface area contributed by atoms with Gasteiger partial charge in [-0.3, -0.25) is 4.79 Å². The molecule has 26 heavy (non-hydrogen) atoms. The van der Waals surface area contributed by atoms with Crippen LogP contribution in [0, 0.1) is 5.82 Å². The molecule has 0 unspecified atom stereocenters. The van der Waals surface area contributed by atoms with E-state index in [0.717, 1.165) is 18.4 Å². The number of alkyl halides is 2. The second-order valence-corrected chi connectivity index (χ2v) is 5.95. The number of amides is 1. The van der Waals surface area contributed by atoms with Gasteiger partial charge in [0.1, 0.15) is 5.82 Å². The summed E-state index contributed by atoms with van der Waals surface area (Å²) in [6.07, 6.45) is 1.57. The topological polar surface area (TPSA) is 38.8 Å². The molecule has 4 nitrogen and oxygen atoms in total. The van der Waals surface area contributed by atoms with E-state index in [9.17, 15) is 18.0 Å². The summed E-state index contributed by atoms with van der Waals surface area (Å²) >= 11 is 0. The third kappa shape index (κ3) is 3.76. The number of likely N-dealkylation sites (tertiary alicyclic amines) is 1. The largest absolute Gasteiger partial charge is 0.493 e. The van der Waals surface area contributed by atoms with Gasteiger partial charge in [-0.15, -0.1) is 0 Å². The van der Waals surface area contributed by atoms with Crippen molar-refractivity contribution < 1.29 is 27.4 Å². The van der Waals surface area contributed by atoms with E-state index in [1.807, 2.05) is 0 Å². The first-order chi connectivity index (χ1) is 12.5. The Kier molecular flexibility index (Phi) is 5.35. The Hall–Kier alpha value is -2.70. The highest BCUT2D eigenvalue weighted by Crippen LogP contribution is 2.35. The van der Waals surface area contributed by atoms with Crippen molar-refractivity contribution in [1.82, 2.24) is 4.90 Å². The number of methoxy groups -OCH3 is 1. The average Bonchev–Trinajstić information content (AvgIpc) is 3.11. The Morgan fingerprint density at radius 2 is 1.88 bits per heavy atom. The molecule has 3 rings (SSSR count). The van der Waals surface area contributed by atoms with Gasteiger partial charge in [-0.25, -0.2) is 4.39 Å². The van der Waals surface area contributed by atoms with Gasteiger partial charge in [0.2, 0.25) is 0 Å². The first kappa shape index (κ1) is 18.1. The van der Waals surface area contributed by atoms with Gasteiger partial charge >= 0.3 is 6.61 Å². The Balaban J connectivity index is 1.86. The van der Waals surface area contributed by atoms with Crippen molar-refractivity contribution in [3.05, 3.63) is 59.4 Å². The molecule has 0 aromatic heterocycles. The summed E-state index contributed by atoms with van der Waals surface area (Å²) in [7, 11) is 1.33. The van der Waals surface area contributed by atoms with Crippen LogP contribution in [0.3, 0.4) is 0 Å². The molecule has 2 aromatic carbocycles. The van der Waals surface area contributed by atoms with Crippen LogP contribution in [-0.2, 0) is 0 Å². The maximum Gasteiger partial charge on any atom is 0.387 e. The number of rotatable bonds is 5. The normalized spacial score (nSPS) is 16.8. The minimum absolute atomic E-state index is 0.123. The summed E-state index contributed by atoms with van der Waals surface area (Å²) in [5, 5.41) is 0. The second-order valence-electron chi connectivity index (χ2n) is 5.95. The van der Waals surface area contributed by atoms with E-state index in [4.69, 9.17) is 4.74 Å². The van der Waals surface area contributed by atoms with E-state index in [1.54, 1.807) is 17.0 Å². The molecule has 1 atom stereocenters. The fourth-order valence-electron chi connectivity index (χ4n) is 3.20. The quantitative estimate of drug-likeness (QED) is 0.788. The molecule has 1 heterocycles. The summed E-state index contributed by atoms with van der Waals surface area (Å²) in [5.41, 5.74) is 1.07. The van der Waals surface area contributed by atoms with Crippen LogP contribution < -0.4 is 9.47 Å². The highest BCUT2D eigenvalue weighted by atomic mass is 19.3. The van der Waals surface area contributed by atoms with Crippen molar-refractivity contribution in [3.8, 4) is 11.5 Å². The van der Waals surface area contributed by atoms with Crippen molar-refractivity contribution >= 4 is 5.91 Å². The third-order valence-electron chi connectivity index (χ3n) is 4.40. The minimum atomic E-state index is -3.02. The molecule has 0 saturated carbocycles. The molecule has 0 aliphatic carbocycles. The average molecular weight is 365 g/mol. The van der Waals surface area contributed by atoms with Gasteiger partial charge in [-0.2, -0.15) is 8.78 Å². The van der Waals surface area contributed by atoms with Crippen LogP contribution in [0.4, 0.5) is 13.2 Å². The zero-order valence-electron chi connectivity index (χ0n) is 14.1. The molecule has 1 fully saturated rings. The molecule has 1 saturated heterocycles. The smallest absolute Gasteiger partial charge is 0.387 e. The zero-order valence-corrected chi connectivity index (χ0v) is 14.1. The Morgan fingerprint density at radius 3 is 2.54 bits per heavy atom. The van der Waals surface area contributed by atoms with E-state index in [1.165, 1.54) is 37.4 Å². The maximum absolute atomic E-state index is 13.1. The van der Waals surface area contributed by atoms with E-state index < -0.39 is 6.61 Å². The lowest BCUT2D eigenvalue weighted by atomic mass is 10.0. The SMILES string of the molecule is COc1ccc(C(=O)N2CCC[C@@H]2c2ccc(F)cc2)cc1OC(F)F. The second kappa shape index (κ2) is 7.68. The molecule has 1 amide bonds. The monoisotopic (exact) mass is 365 g/mol. The molecule has 138 valence electrons. The fourth-order valence-corrected chi connectivity index (χ4v) is 3.20.